The fourth-order valence-electron chi connectivity index (χ4n) is 8.17. The molecule has 58 heavy (non-hydrogen) atoms. The summed E-state index contributed by atoms with van der Waals surface area (Å²) in [7, 11) is 0. The molecule has 0 unspecified atom stereocenters. The van der Waals surface area contributed by atoms with Gasteiger partial charge in [0.1, 0.15) is 0 Å². The van der Waals surface area contributed by atoms with Gasteiger partial charge in [-0.15, -0.1) is 0 Å². The number of rotatable bonds is 6. The number of benzene rings is 9. The highest BCUT2D eigenvalue weighted by atomic mass is 15.0. The molecule has 0 N–H and O–H groups in total. The molecule has 0 bridgehead atoms. The van der Waals surface area contributed by atoms with Crippen molar-refractivity contribution in [1.82, 2.24) is 19.9 Å². The molecule has 0 aliphatic rings. The van der Waals surface area contributed by atoms with Crippen molar-refractivity contribution in [3.05, 3.63) is 206 Å². The molecule has 4 nitrogen and oxygen atoms in total. The quantitative estimate of drug-likeness (QED) is 0.159. The first kappa shape index (κ1) is 33.5. The van der Waals surface area contributed by atoms with Crippen molar-refractivity contribution in [3.63, 3.8) is 0 Å². The second-order valence-electron chi connectivity index (χ2n) is 14.7. The molecule has 0 atom stereocenters. The average Bonchev–Trinajstić information content (AvgIpc) is 3.31. The molecule has 0 saturated carbocycles. The Morgan fingerprint density at radius 3 is 1.38 bits per heavy atom. The van der Waals surface area contributed by atoms with Crippen LogP contribution >= 0.6 is 0 Å². The lowest BCUT2D eigenvalue weighted by atomic mass is 9.92. The Hall–Kier alpha value is -7.82. The molecule has 0 amide bonds. The van der Waals surface area contributed by atoms with E-state index in [9.17, 15) is 0 Å². The van der Waals surface area contributed by atoms with Gasteiger partial charge in [0.05, 0.1) is 11.2 Å². The van der Waals surface area contributed by atoms with Crippen molar-refractivity contribution in [3.8, 4) is 67.7 Å². The summed E-state index contributed by atoms with van der Waals surface area (Å²) in [5, 5.41) is 8.08. The van der Waals surface area contributed by atoms with E-state index in [0.29, 0.717) is 17.5 Å². The number of hydrogen-bond donors (Lipinski definition) is 0. The Labute approximate surface area is 335 Å². The third-order valence-corrected chi connectivity index (χ3v) is 11.1. The molecule has 11 rings (SSSR count). The minimum atomic E-state index is 0.618. The molecule has 0 fully saturated rings. The van der Waals surface area contributed by atoms with E-state index in [1.807, 2.05) is 0 Å². The standard InChI is InChI=1S/C54H34N4/c1-3-15-37(16-4-1)46-23-12-24-48-50(46)47-30-29-42(34-49(47)55-51(48)38-17-5-2-6-18-38)41-21-11-22-43(33-41)52-56-53(44-27-25-35-13-7-9-19-39(35)31-44)58-54(57-52)45-28-26-36-14-8-10-20-40(36)32-45/h1-34H. The van der Waals surface area contributed by atoms with Gasteiger partial charge in [-0.3, -0.25) is 0 Å². The van der Waals surface area contributed by atoms with E-state index in [2.05, 4.69) is 206 Å². The topological polar surface area (TPSA) is 51.6 Å². The zero-order valence-corrected chi connectivity index (χ0v) is 31.4. The van der Waals surface area contributed by atoms with Crippen molar-refractivity contribution in [1.29, 1.82) is 0 Å². The third-order valence-electron chi connectivity index (χ3n) is 11.1. The smallest absolute Gasteiger partial charge is 0.164 e. The zero-order valence-electron chi connectivity index (χ0n) is 31.4. The summed E-state index contributed by atoms with van der Waals surface area (Å²) in [5.74, 6) is 1.88. The molecule has 9 aromatic carbocycles. The predicted molar refractivity (Wildman–Crippen MR) is 240 cm³/mol. The molecule has 0 aliphatic carbocycles. The monoisotopic (exact) mass is 738 g/mol. The van der Waals surface area contributed by atoms with Gasteiger partial charge in [-0.2, -0.15) is 0 Å². The predicted octanol–water partition coefficient (Wildman–Crippen LogP) is 13.9. The lowest BCUT2D eigenvalue weighted by Gasteiger charge is -2.15. The highest BCUT2D eigenvalue weighted by molar-refractivity contribution is 6.17. The van der Waals surface area contributed by atoms with Gasteiger partial charge in [0.2, 0.25) is 0 Å². The van der Waals surface area contributed by atoms with Gasteiger partial charge in [0.15, 0.2) is 17.5 Å². The fourth-order valence-corrected chi connectivity index (χ4v) is 8.17. The van der Waals surface area contributed by atoms with E-state index in [4.69, 9.17) is 19.9 Å². The van der Waals surface area contributed by atoms with E-state index in [1.165, 1.54) is 27.3 Å². The van der Waals surface area contributed by atoms with Gasteiger partial charge in [-0.1, -0.05) is 182 Å². The van der Waals surface area contributed by atoms with E-state index in [1.54, 1.807) is 0 Å². The van der Waals surface area contributed by atoms with Gasteiger partial charge < -0.3 is 0 Å². The van der Waals surface area contributed by atoms with Crippen LogP contribution in [-0.4, -0.2) is 19.9 Å². The summed E-state index contributed by atoms with van der Waals surface area (Å²) in [6.45, 7) is 0. The summed E-state index contributed by atoms with van der Waals surface area (Å²) < 4.78 is 0. The summed E-state index contributed by atoms with van der Waals surface area (Å²) in [6.07, 6.45) is 0. The number of fused-ring (bicyclic) bond motifs is 5. The molecule has 11 aromatic rings. The first-order chi connectivity index (χ1) is 28.7. The van der Waals surface area contributed by atoms with Crippen LogP contribution in [0.3, 0.4) is 0 Å². The largest absolute Gasteiger partial charge is 0.247 e. The second kappa shape index (κ2) is 14.0. The van der Waals surface area contributed by atoms with Gasteiger partial charge in [0, 0.05) is 38.4 Å². The molecule has 270 valence electrons. The molecule has 2 heterocycles. The molecule has 0 aliphatic heterocycles. The zero-order chi connectivity index (χ0) is 38.4. The highest BCUT2D eigenvalue weighted by Gasteiger charge is 2.17. The van der Waals surface area contributed by atoms with Crippen LogP contribution in [0.5, 0.6) is 0 Å². The minimum absolute atomic E-state index is 0.618. The average molecular weight is 739 g/mol. The maximum atomic E-state index is 5.38. The number of pyridine rings is 1. The number of aromatic nitrogens is 4. The first-order valence-electron chi connectivity index (χ1n) is 19.5. The SMILES string of the molecule is c1ccc(-c2nc3cc(-c4cccc(-c5nc(-c6ccc7ccccc7c6)nc(-c6ccc7ccccc7c6)n5)c4)ccc3c3c(-c4ccccc4)cccc23)cc1. The second-order valence-corrected chi connectivity index (χ2v) is 14.7. The molecule has 0 radical (unpaired) electrons. The van der Waals surface area contributed by atoms with Crippen LogP contribution in [0.1, 0.15) is 0 Å². The highest BCUT2D eigenvalue weighted by Crippen LogP contribution is 2.40. The Morgan fingerprint density at radius 1 is 0.259 bits per heavy atom. The van der Waals surface area contributed by atoms with Crippen LogP contribution in [0.25, 0.3) is 111 Å². The fraction of sp³-hybridized carbons (Fsp3) is 0. The van der Waals surface area contributed by atoms with Crippen molar-refractivity contribution in [2.45, 2.75) is 0 Å². The molecule has 4 heteroatoms. The first-order valence-corrected chi connectivity index (χ1v) is 19.5. The van der Waals surface area contributed by atoms with E-state index in [-0.39, 0.29) is 0 Å². The summed E-state index contributed by atoms with van der Waals surface area (Å²) in [6, 6.07) is 72.4. The van der Waals surface area contributed by atoms with E-state index in [0.717, 1.165) is 66.1 Å². The van der Waals surface area contributed by atoms with Crippen molar-refractivity contribution in [2.75, 3.05) is 0 Å². The van der Waals surface area contributed by atoms with Crippen LogP contribution in [0.4, 0.5) is 0 Å². The summed E-state index contributed by atoms with van der Waals surface area (Å²) in [5.41, 5.74) is 10.3. The Kier molecular flexibility index (Phi) is 8.11. The molecular weight excluding hydrogens is 705 g/mol. The van der Waals surface area contributed by atoms with Crippen LogP contribution in [0.15, 0.2) is 206 Å². The Balaban J connectivity index is 1.07. The van der Waals surface area contributed by atoms with Crippen LogP contribution in [0.2, 0.25) is 0 Å². The number of hydrogen-bond acceptors (Lipinski definition) is 4. The lowest BCUT2D eigenvalue weighted by molar-refractivity contribution is 1.08. The third kappa shape index (κ3) is 6.05. The summed E-state index contributed by atoms with van der Waals surface area (Å²) in [4.78, 5) is 20.7. The van der Waals surface area contributed by atoms with Crippen LogP contribution in [0, 0.1) is 0 Å². The Bertz CT molecular complexity index is 3240. The molecule has 0 saturated heterocycles. The molecular formula is C54H34N4. The van der Waals surface area contributed by atoms with Crippen LogP contribution < -0.4 is 0 Å². The van der Waals surface area contributed by atoms with Gasteiger partial charge in [0.25, 0.3) is 0 Å². The summed E-state index contributed by atoms with van der Waals surface area (Å²) >= 11 is 0. The van der Waals surface area contributed by atoms with E-state index < -0.39 is 0 Å². The minimum Gasteiger partial charge on any atom is -0.247 e. The van der Waals surface area contributed by atoms with Gasteiger partial charge >= 0.3 is 0 Å². The Morgan fingerprint density at radius 2 is 0.741 bits per heavy atom. The maximum absolute atomic E-state index is 5.38. The lowest BCUT2D eigenvalue weighted by Crippen LogP contribution is -2.00. The number of nitrogens with zero attached hydrogens (tertiary/aromatic N) is 4. The van der Waals surface area contributed by atoms with Crippen molar-refractivity contribution < 1.29 is 0 Å². The van der Waals surface area contributed by atoms with Crippen molar-refractivity contribution in [2.24, 2.45) is 0 Å². The van der Waals surface area contributed by atoms with Gasteiger partial charge in [-0.25, -0.2) is 19.9 Å². The van der Waals surface area contributed by atoms with Gasteiger partial charge in [-0.05, 0) is 68.1 Å². The van der Waals surface area contributed by atoms with Crippen LogP contribution in [-0.2, 0) is 0 Å². The normalized spacial score (nSPS) is 11.4. The van der Waals surface area contributed by atoms with Crippen molar-refractivity contribution >= 4 is 43.2 Å². The van der Waals surface area contributed by atoms with E-state index >= 15 is 0 Å². The maximum Gasteiger partial charge on any atom is 0.164 e. The molecule has 0 spiro atoms. The molecule has 2 aromatic heterocycles.